The second-order valence-electron chi connectivity index (χ2n) is 8.50. The van der Waals surface area contributed by atoms with E-state index in [1.165, 1.54) is 56.7 Å². The van der Waals surface area contributed by atoms with Gasteiger partial charge in [0.25, 0.3) is 15.9 Å². The normalized spacial score (nSPS) is 13.5. The van der Waals surface area contributed by atoms with Gasteiger partial charge in [0.1, 0.15) is 6.54 Å². The maximum atomic E-state index is 13.8. The molecule has 206 valence electrons. The summed E-state index contributed by atoms with van der Waals surface area (Å²) in [5.74, 6) is -0.318. The van der Waals surface area contributed by atoms with Gasteiger partial charge in [0.15, 0.2) is 11.5 Å². The highest BCUT2D eigenvalue weighted by atomic mass is 35.5. The van der Waals surface area contributed by atoms with Gasteiger partial charge in [-0.15, -0.1) is 0 Å². The number of anilines is 2. The molecule has 0 unspecified atom stereocenters. The van der Waals surface area contributed by atoms with E-state index in [-0.39, 0.29) is 27.9 Å². The Hall–Kier alpha value is -3.80. The van der Waals surface area contributed by atoms with E-state index in [4.69, 9.17) is 25.8 Å². The van der Waals surface area contributed by atoms with Gasteiger partial charge in [-0.3, -0.25) is 13.9 Å². The molecule has 0 bridgehead atoms. The van der Waals surface area contributed by atoms with Crippen LogP contribution in [0.2, 0.25) is 5.02 Å². The Morgan fingerprint density at radius 2 is 1.64 bits per heavy atom. The Labute approximate surface area is 232 Å². The summed E-state index contributed by atoms with van der Waals surface area (Å²) in [6, 6.07) is 16.8. The second kappa shape index (κ2) is 12.4. The standard InChI is InChI=1S/C27H28ClN3O7S/c1-36-24-12-11-21(17-25(24)37-2)39(34,35)31(20-9-7-19(28)8-10-20)18-26(32)29-23-6-4-3-5-22(23)27(33)30-13-15-38-16-14-30/h3-12,17H,13-16,18H2,1-2H3,(H,29,32). The first-order valence-electron chi connectivity index (χ1n) is 12.0. The van der Waals surface area contributed by atoms with Crippen LogP contribution in [0.3, 0.4) is 0 Å². The van der Waals surface area contributed by atoms with Crippen molar-refractivity contribution >= 4 is 44.8 Å². The quantitative estimate of drug-likeness (QED) is 0.415. The van der Waals surface area contributed by atoms with Crippen LogP contribution in [0.4, 0.5) is 11.4 Å². The van der Waals surface area contributed by atoms with Crippen molar-refractivity contribution in [3.8, 4) is 11.5 Å². The molecule has 12 heteroatoms. The number of halogens is 1. The molecule has 0 aromatic heterocycles. The van der Waals surface area contributed by atoms with E-state index < -0.39 is 22.5 Å². The summed E-state index contributed by atoms with van der Waals surface area (Å²) >= 11 is 6.02. The molecule has 2 amide bonds. The van der Waals surface area contributed by atoms with E-state index in [0.717, 1.165) is 4.31 Å². The van der Waals surface area contributed by atoms with Crippen molar-refractivity contribution in [1.29, 1.82) is 0 Å². The predicted octanol–water partition coefficient (Wildman–Crippen LogP) is 3.66. The molecule has 1 N–H and O–H groups in total. The second-order valence-corrected chi connectivity index (χ2v) is 10.8. The number of morpholine rings is 1. The number of para-hydroxylation sites is 1. The lowest BCUT2D eigenvalue weighted by atomic mass is 10.1. The van der Waals surface area contributed by atoms with E-state index in [2.05, 4.69) is 5.32 Å². The molecule has 0 spiro atoms. The van der Waals surface area contributed by atoms with Crippen molar-refractivity contribution in [2.75, 3.05) is 56.7 Å². The monoisotopic (exact) mass is 573 g/mol. The van der Waals surface area contributed by atoms with Gasteiger partial charge in [-0.05, 0) is 48.5 Å². The summed E-state index contributed by atoms with van der Waals surface area (Å²) in [4.78, 5) is 27.9. The van der Waals surface area contributed by atoms with Crippen LogP contribution in [0.5, 0.6) is 11.5 Å². The lowest BCUT2D eigenvalue weighted by Crippen LogP contribution is -2.41. The Bertz CT molecular complexity index is 1440. The molecular weight excluding hydrogens is 546 g/mol. The number of benzene rings is 3. The third-order valence-electron chi connectivity index (χ3n) is 6.07. The van der Waals surface area contributed by atoms with Gasteiger partial charge < -0.3 is 24.4 Å². The van der Waals surface area contributed by atoms with Crippen LogP contribution in [-0.4, -0.2) is 72.2 Å². The largest absolute Gasteiger partial charge is 0.493 e. The van der Waals surface area contributed by atoms with Crippen LogP contribution in [0.25, 0.3) is 0 Å². The average molecular weight is 574 g/mol. The van der Waals surface area contributed by atoms with Crippen LogP contribution >= 0.6 is 11.6 Å². The smallest absolute Gasteiger partial charge is 0.264 e. The number of nitrogens with one attached hydrogen (secondary N) is 1. The summed E-state index contributed by atoms with van der Waals surface area (Å²) in [6.07, 6.45) is 0. The number of hydrogen-bond acceptors (Lipinski definition) is 7. The van der Waals surface area contributed by atoms with Crippen molar-refractivity contribution in [3.63, 3.8) is 0 Å². The van der Waals surface area contributed by atoms with E-state index in [0.29, 0.717) is 42.6 Å². The number of hydrogen-bond donors (Lipinski definition) is 1. The minimum Gasteiger partial charge on any atom is -0.493 e. The molecule has 1 aliphatic rings. The third kappa shape index (κ3) is 6.44. The van der Waals surface area contributed by atoms with E-state index in [1.807, 2.05) is 0 Å². The van der Waals surface area contributed by atoms with Crippen LogP contribution < -0.4 is 19.1 Å². The van der Waals surface area contributed by atoms with Gasteiger partial charge in [0.05, 0.1) is 49.3 Å². The van der Waals surface area contributed by atoms with Crippen LogP contribution in [-0.2, 0) is 19.6 Å². The molecule has 10 nitrogen and oxygen atoms in total. The molecule has 1 aliphatic heterocycles. The molecule has 0 atom stereocenters. The minimum absolute atomic E-state index is 0.106. The highest BCUT2D eigenvalue weighted by Crippen LogP contribution is 2.32. The number of carbonyl (C=O) groups excluding carboxylic acids is 2. The van der Waals surface area contributed by atoms with Crippen molar-refractivity contribution < 1.29 is 32.2 Å². The SMILES string of the molecule is COc1ccc(S(=O)(=O)N(CC(=O)Nc2ccccc2C(=O)N2CCOCC2)c2ccc(Cl)cc2)cc1OC. The van der Waals surface area contributed by atoms with Gasteiger partial charge in [-0.2, -0.15) is 0 Å². The molecule has 0 saturated carbocycles. The highest BCUT2D eigenvalue weighted by molar-refractivity contribution is 7.92. The molecular formula is C27H28ClN3O7S. The molecule has 3 aromatic rings. The third-order valence-corrected chi connectivity index (χ3v) is 8.10. The van der Waals surface area contributed by atoms with Crippen molar-refractivity contribution in [1.82, 2.24) is 4.90 Å². The molecule has 1 fully saturated rings. The molecule has 1 heterocycles. The van der Waals surface area contributed by atoms with E-state index in [1.54, 1.807) is 29.2 Å². The summed E-state index contributed by atoms with van der Waals surface area (Å²) in [6.45, 7) is 1.18. The molecule has 3 aromatic carbocycles. The van der Waals surface area contributed by atoms with Crippen LogP contribution in [0.1, 0.15) is 10.4 Å². The number of nitrogens with zero attached hydrogens (tertiary/aromatic N) is 2. The number of rotatable bonds is 9. The summed E-state index contributed by atoms with van der Waals surface area (Å²) in [7, 11) is -1.41. The Morgan fingerprint density at radius 1 is 0.974 bits per heavy atom. The van der Waals surface area contributed by atoms with E-state index >= 15 is 0 Å². The van der Waals surface area contributed by atoms with Gasteiger partial charge in [0.2, 0.25) is 5.91 Å². The molecule has 1 saturated heterocycles. The topological polar surface area (TPSA) is 114 Å². The predicted molar refractivity (Wildman–Crippen MR) is 147 cm³/mol. The van der Waals surface area contributed by atoms with Crippen LogP contribution in [0.15, 0.2) is 71.6 Å². The summed E-state index contributed by atoms with van der Waals surface area (Å²) in [5, 5.41) is 3.12. The first-order chi connectivity index (χ1) is 18.7. The number of sulfonamides is 1. The molecule has 0 radical (unpaired) electrons. The summed E-state index contributed by atoms with van der Waals surface area (Å²) in [5.41, 5.74) is 0.800. The fourth-order valence-electron chi connectivity index (χ4n) is 4.06. The number of amides is 2. The Morgan fingerprint density at radius 3 is 2.31 bits per heavy atom. The first kappa shape index (κ1) is 28.2. The van der Waals surface area contributed by atoms with Gasteiger partial charge in [-0.1, -0.05) is 23.7 Å². The number of methoxy groups -OCH3 is 2. The molecule has 0 aliphatic carbocycles. The Balaban J connectivity index is 1.64. The van der Waals surface area contributed by atoms with Crippen LogP contribution in [0, 0.1) is 0 Å². The van der Waals surface area contributed by atoms with Gasteiger partial charge in [0, 0.05) is 24.2 Å². The fraction of sp³-hybridized carbons (Fsp3) is 0.259. The van der Waals surface area contributed by atoms with Gasteiger partial charge in [-0.25, -0.2) is 8.42 Å². The lowest BCUT2D eigenvalue weighted by Gasteiger charge is -2.28. The highest BCUT2D eigenvalue weighted by Gasteiger charge is 2.29. The maximum absolute atomic E-state index is 13.8. The lowest BCUT2D eigenvalue weighted by molar-refractivity contribution is -0.114. The zero-order chi connectivity index (χ0) is 28.0. The van der Waals surface area contributed by atoms with E-state index in [9.17, 15) is 18.0 Å². The van der Waals surface area contributed by atoms with Crippen molar-refractivity contribution in [2.24, 2.45) is 0 Å². The van der Waals surface area contributed by atoms with Crippen molar-refractivity contribution in [2.45, 2.75) is 4.90 Å². The van der Waals surface area contributed by atoms with Crippen molar-refractivity contribution in [3.05, 3.63) is 77.3 Å². The number of carbonyl (C=O) groups is 2. The maximum Gasteiger partial charge on any atom is 0.264 e. The first-order valence-corrected chi connectivity index (χ1v) is 13.8. The zero-order valence-electron chi connectivity index (χ0n) is 21.4. The zero-order valence-corrected chi connectivity index (χ0v) is 23.0. The average Bonchev–Trinajstić information content (AvgIpc) is 2.96. The minimum atomic E-state index is -4.25. The molecule has 39 heavy (non-hydrogen) atoms. The number of ether oxygens (including phenoxy) is 3. The molecule has 4 rings (SSSR count). The fourth-order valence-corrected chi connectivity index (χ4v) is 5.63. The van der Waals surface area contributed by atoms with Gasteiger partial charge >= 0.3 is 0 Å². The Kier molecular flexibility index (Phi) is 8.95. The summed E-state index contributed by atoms with van der Waals surface area (Å²) < 4.78 is 44.4.